The third-order valence-corrected chi connectivity index (χ3v) is 3.56. The number of thiazole rings is 2. The minimum Gasteiger partial charge on any atom is -0.243 e. The summed E-state index contributed by atoms with van der Waals surface area (Å²) >= 11 is 3.13. The van der Waals surface area contributed by atoms with Crippen LogP contribution in [0.25, 0.3) is 21.4 Å². The standard InChI is InChI=1S/C10H6N4S2/c1-3-15-9(11-1)7-5-8(14-6-13-7)10-12-2-4-16-10/h1-6H. The van der Waals surface area contributed by atoms with Gasteiger partial charge >= 0.3 is 0 Å². The predicted molar refractivity (Wildman–Crippen MR) is 64.2 cm³/mol. The van der Waals surface area contributed by atoms with Gasteiger partial charge < -0.3 is 0 Å². The lowest BCUT2D eigenvalue weighted by Crippen LogP contribution is -1.88. The summed E-state index contributed by atoms with van der Waals surface area (Å²) in [7, 11) is 0. The summed E-state index contributed by atoms with van der Waals surface area (Å²) < 4.78 is 0. The number of hydrogen-bond donors (Lipinski definition) is 0. The molecule has 3 rings (SSSR count). The van der Waals surface area contributed by atoms with Gasteiger partial charge in [0.25, 0.3) is 0 Å². The van der Waals surface area contributed by atoms with E-state index in [9.17, 15) is 0 Å². The van der Waals surface area contributed by atoms with Crippen molar-refractivity contribution in [2.75, 3.05) is 0 Å². The molecular weight excluding hydrogens is 240 g/mol. The maximum absolute atomic E-state index is 4.22. The minimum absolute atomic E-state index is 0.843. The topological polar surface area (TPSA) is 51.6 Å². The largest absolute Gasteiger partial charge is 0.243 e. The number of aromatic nitrogens is 4. The monoisotopic (exact) mass is 246 g/mol. The second-order valence-electron chi connectivity index (χ2n) is 2.96. The Morgan fingerprint density at radius 1 is 0.750 bits per heavy atom. The summed E-state index contributed by atoms with van der Waals surface area (Å²) in [5.74, 6) is 0. The molecule has 0 amide bonds. The molecule has 0 aliphatic rings. The van der Waals surface area contributed by atoms with Crippen LogP contribution >= 0.6 is 22.7 Å². The highest BCUT2D eigenvalue weighted by atomic mass is 32.1. The van der Waals surface area contributed by atoms with Gasteiger partial charge in [0, 0.05) is 23.2 Å². The van der Waals surface area contributed by atoms with Gasteiger partial charge in [-0.3, -0.25) is 0 Å². The van der Waals surface area contributed by atoms with Gasteiger partial charge in [-0.25, -0.2) is 19.9 Å². The quantitative estimate of drug-likeness (QED) is 0.697. The maximum atomic E-state index is 4.22. The molecule has 0 spiro atoms. The Hall–Kier alpha value is -1.66. The van der Waals surface area contributed by atoms with E-state index in [2.05, 4.69) is 19.9 Å². The fraction of sp³-hybridized carbons (Fsp3) is 0. The van der Waals surface area contributed by atoms with E-state index >= 15 is 0 Å². The second kappa shape index (κ2) is 4.07. The van der Waals surface area contributed by atoms with Crippen molar-refractivity contribution in [2.45, 2.75) is 0 Å². The zero-order valence-electron chi connectivity index (χ0n) is 8.07. The van der Waals surface area contributed by atoms with Gasteiger partial charge in [-0.05, 0) is 6.07 Å². The van der Waals surface area contributed by atoms with Gasteiger partial charge in [-0.15, -0.1) is 22.7 Å². The van der Waals surface area contributed by atoms with Crippen molar-refractivity contribution in [3.05, 3.63) is 35.5 Å². The Labute approximate surface area is 99.7 Å². The van der Waals surface area contributed by atoms with Crippen molar-refractivity contribution < 1.29 is 0 Å². The molecule has 4 nitrogen and oxygen atoms in total. The predicted octanol–water partition coefficient (Wildman–Crippen LogP) is 2.72. The Balaban J connectivity index is 2.07. The van der Waals surface area contributed by atoms with Crippen LogP contribution in [0.1, 0.15) is 0 Å². The second-order valence-corrected chi connectivity index (χ2v) is 4.75. The Morgan fingerprint density at radius 3 is 1.75 bits per heavy atom. The molecule has 0 atom stereocenters. The first kappa shape index (κ1) is 9.56. The molecule has 6 heteroatoms. The van der Waals surface area contributed by atoms with E-state index in [-0.39, 0.29) is 0 Å². The summed E-state index contributed by atoms with van der Waals surface area (Å²) in [4.78, 5) is 16.9. The van der Waals surface area contributed by atoms with Crippen LogP contribution in [0, 0.1) is 0 Å². The van der Waals surface area contributed by atoms with Crippen molar-refractivity contribution in [2.24, 2.45) is 0 Å². The first-order chi connectivity index (χ1) is 7.93. The fourth-order valence-corrected chi connectivity index (χ4v) is 2.50. The highest BCUT2D eigenvalue weighted by Crippen LogP contribution is 2.24. The average molecular weight is 246 g/mol. The van der Waals surface area contributed by atoms with Crippen LogP contribution in [-0.4, -0.2) is 19.9 Å². The highest BCUT2D eigenvalue weighted by Gasteiger charge is 2.07. The lowest BCUT2D eigenvalue weighted by Gasteiger charge is -1.97. The lowest BCUT2D eigenvalue weighted by atomic mass is 10.3. The Kier molecular flexibility index (Phi) is 2.43. The van der Waals surface area contributed by atoms with E-state index in [0.29, 0.717) is 0 Å². The van der Waals surface area contributed by atoms with Gasteiger partial charge in [0.2, 0.25) is 0 Å². The van der Waals surface area contributed by atoms with Crippen molar-refractivity contribution in [3.8, 4) is 21.4 Å². The molecule has 0 aromatic carbocycles. The van der Waals surface area contributed by atoms with Gasteiger partial charge in [0.15, 0.2) is 0 Å². The molecule has 0 N–H and O–H groups in total. The number of hydrogen-bond acceptors (Lipinski definition) is 6. The molecule has 0 radical (unpaired) electrons. The summed E-state index contributed by atoms with van der Waals surface area (Å²) in [5, 5.41) is 5.67. The zero-order valence-corrected chi connectivity index (χ0v) is 9.70. The maximum Gasteiger partial charge on any atom is 0.141 e. The van der Waals surface area contributed by atoms with E-state index in [0.717, 1.165) is 21.4 Å². The fourth-order valence-electron chi connectivity index (χ4n) is 1.29. The molecular formula is C10H6N4S2. The van der Waals surface area contributed by atoms with Gasteiger partial charge in [0.05, 0.1) is 0 Å². The summed E-state index contributed by atoms with van der Waals surface area (Å²) in [6.45, 7) is 0. The van der Waals surface area contributed by atoms with Crippen LogP contribution in [-0.2, 0) is 0 Å². The molecule has 3 aromatic rings. The van der Waals surface area contributed by atoms with Crippen LogP contribution in [0.15, 0.2) is 35.5 Å². The third kappa shape index (κ3) is 1.72. The first-order valence-corrected chi connectivity index (χ1v) is 6.31. The zero-order chi connectivity index (χ0) is 10.8. The normalized spacial score (nSPS) is 10.5. The molecule has 0 aliphatic heterocycles. The summed E-state index contributed by atoms with van der Waals surface area (Å²) in [6, 6.07) is 1.91. The van der Waals surface area contributed by atoms with Crippen LogP contribution in [0.3, 0.4) is 0 Å². The molecule has 0 fully saturated rings. The smallest absolute Gasteiger partial charge is 0.141 e. The minimum atomic E-state index is 0.843. The van der Waals surface area contributed by atoms with Gasteiger partial charge in [-0.1, -0.05) is 0 Å². The molecule has 0 saturated carbocycles. The van der Waals surface area contributed by atoms with Gasteiger partial charge in [-0.2, -0.15) is 0 Å². The third-order valence-electron chi connectivity index (χ3n) is 1.97. The van der Waals surface area contributed by atoms with Gasteiger partial charge in [0.1, 0.15) is 27.7 Å². The van der Waals surface area contributed by atoms with E-state index < -0.39 is 0 Å². The van der Waals surface area contributed by atoms with Crippen molar-refractivity contribution in [1.29, 1.82) is 0 Å². The van der Waals surface area contributed by atoms with Crippen LogP contribution in [0.2, 0.25) is 0 Å². The van der Waals surface area contributed by atoms with Crippen LogP contribution in [0.5, 0.6) is 0 Å². The average Bonchev–Trinajstić information content (AvgIpc) is 3.03. The summed E-state index contributed by atoms with van der Waals surface area (Å²) in [6.07, 6.45) is 5.09. The molecule has 3 heterocycles. The molecule has 0 unspecified atom stereocenters. The Bertz CT molecular complexity index is 525. The molecule has 3 aromatic heterocycles. The van der Waals surface area contributed by atoms with E-state index in [1.807, 2.05) is 16.8 Å². The highest BCUT2D eigenvalue weighted by molar-refractivity contribution is 7.13. The molecule has 0 saturated heterocycles. The van der Waals surface area contributed by atoms with Crippen LogP contribution < -0.4 is 0 Å². The molecule has 0 bridgehead atoms. The number of rotatable bonds is 2. The molecule has 0 aliphatic carbocycles. The first-order valence-electron chi connectivity index (χ1n) is 4.55. The number of nitrogens with zero attached hydrogens (tertiary/aromatic N) is 4. The lowest BCUT2D eigenvalue weighted by molar-refractivity contribution is 1.16. The van der Waals surface area contributed by atoms with Crippen molar-refractivity contribution >= 4 is 22.7 Å². The van der Waals surface area contributed by atoms with E-state index in [1.165, 1.54) is 0 Å². The SMILES string of the molecule is c1nc(-c2nccs2)cc(-c2nccs2)n1. The van der Waals surface area contributed by atoms with E-state index in [1.54, 1.807) is 41.4 Å². The van der Waals surface area contributed by atoms with E-state index in [4.69, 9.17) is 0 Å². The van der Waals surface area contributed by atoms with Crippen LogP contribution in [0.4, 0.5) is 0 Å². The molecule has 16 heavy (non-hydrogen) atoms. The summed E-state index contributed by atoms with van der Waals surface area (Å²) in [5.41, 5.74) is 1.69. The van der Waals surface area contributed by atoms with Crippen molar-refractivity contribution in [3.63, 3.8) is 0 Å². The molecule has 78 valence electrons. The van der Waals surface area contributed by atoms with Crippen molar-refractivity contribution in [1.82, 2.24) is 19.9 Å². The Morgan fingerprint density at radius 2 is 1.31 bits per heavy atom.